The van der Waals surface area contributed by atoms with E-state index in [-0.39, 0.29) is 23.3 Å². The number of methoxy groups -OCH3 is 1. The summed E-state index contributed by atoms with van der Waals surface area (Å²) in [5.41, 5.74) is 1.26. The molecule has 0 aliphatic carbocycles. The van der Waals surface area contributed by atoms with Gasteiger partial charge in [0, 0.05) is 18.9 Å². The van der Waals surface area contributed by atoms with Gasteiger partial charge in [0.05, 0.1) is 29.8 Å². The quantitative estimate of drug-likeness (QED) is 0.365. The molecule has 9 nitrogen and oxygen atoms in total. The van der Waals surface area contributed by atoms with E-state index in [0.29, 0.717) is 30.4 Å². The lowest BCUT2D eigenvalue weighted by atomic mass is 9.71. The Labute approximate surface area is 223 Å². The van der Waals surface area contributed by atoms with Crippen LogP contribution in [0.3, 0.4) is 0 Å². The molecule has 3 fully saturated rings. The minimum atomic E-state index is -0.343. The summed E-state index contributed by atoms with van der Waals surface area (Å²) in [6.45, 7) is 2.94. The third-order valence-electron chi connectivity index (χ3n) is 8.15. The fourth-order valence-electron chi connectivity index (χ4n) is 5.68. The summed E-state index contributed by atoms with van der Waals surface area (Å²) in [4.78, 5) is 36.9. The molecule has 2 amide bonds. The summed E-state index contributed by atoms with van der Waals surface area (Å²) in [5, 5.41) is 6.96. The van der Waals surface area contributed by atoms with Crippen molar-refractivity contribution in [3.05, 3.63) is 42.4 Å². The van der Waals surface area contributed by atoms with E-state index in [0.717, 1.165) is 74.6 Å². The Balaban J connectivity index is 1.36. The van der Waals surface area contributed by atoms with Crippen molar-refractivity contribution in [3.8, 4) is 17.2 Å². The molecule has 3 saturated heterocycles. The lowest BCUT2D eigenvalue weighted by Crippen LogP contribution is -2.55. The van der Waals surface area contributed by atoms with Crippen molar-refractivity contribution in [2.75, 3.05) is 33.8 Å². The Kier molecular flexibility index (Phi) is 7.93. The zero-order chi connectivity index (χ0) is 26.5. The largest absolute Gasteiger partial charge is 0.480 e. The van der Waals surface area contributed by atoms with Gasteiger partial charge < -0.3 is 24.7 Å². The topological polar surface area (TPSA) is 110 Å². The van der Waals surface area contributed by atoms with Gasteiger partial charge in [0.15, 0.2) is 5.76 Å². The minimum absolute atomic E-state index is 0.0490. The number of amides is 2. The average Bonchev–Trinajstić information content (AvgIpc) is 3.46. The van der Waals surface area contributed by atoms with Crippen LogP contribution in [0.5, 0.6) is 5.88 Å². The highest BCUT2D eigenvalue weighted by Crippen LogP contribution is 2.41. The smallest absolute Gasteiger partial charge is 0.227 e. The molecule has 2 bridgehead atoms. The molecule has 5 heterocycles. The number of piperidine rings is 3. The van der Waals surface area contributed by atoms with Crippen LogP contribution in [-0.2, 0) is 9.59 Å². The minimum Gasteiger partial charge on any atom is -0.480 e. The van der Waals surface area contributed by atoms with Crippen LogP contribution < -0.4 is 15.4 Å². The number of carbonyl (C=O) groups is 2. The Bertz CT molecular complexity index is 1270. The van der Waals surface area contributed by atoms with Crippen molar-refractivity contribution in [2.24, 2.45) is 5.41 Å². The van der Waals surface area contributed by atoms with Gasteiger partial charge in [-0.15, -0.1) is 0 Å². The summed E-state index contributed by atoms with van der Waals surface area (Å²) in [5.74, 6) is 1.66. The molecule has 6 rings (SSSR count). The third kappa shape index (κ3) is 5.53. The van der Waals surface area contributed by atoms with E-state index in [2.05, 4.69) is 25.5 Å². The van der Waals surface area contributed by atoms with Gasteiger partial charge in [0.25, 0.3) is 0 Å². The van der Waals surface area contributed by atoms with E-state index in [1.165, 1.54) is 0 Å². The monoisotopic (exact) mass is 519 g/mol. The zero-order valence-electron chi connectivity index (χ0n) is 22.3. The van der Waals surface area contributed by atoms with Gasteiger partial charge in [-0.05, 0) is 63.9 Å². The van der Waals surface area contributed by atoms with E-state index < -0.39 is 0 Å². The van der Waals surface area contributed by atoms with Crippen LogP contribution in [0.4, 0.5) is 0 Å². The Morgan fingerprint density at radius 2 is 1.89 bits per heavy atom. The molecular weight excluding hydrogens is 482 g/mol. The first-order valence-corrected chi connectivity index (χ1v) is 13.6. The molecule has 3 aliphatic heterocycles. The highest BCUT2D eigenvalue weighted by atomic mass is 16.5. The SMILES string of the molecule is CNC(=O)CCCCCC(NC(=O)C12CCN(CC1)CC2)c1ncc(-c2cc3ccccc3nc2OC)o1. The van der Waals surface area contributed by atoms with Crippen LogP contribution in [0.15, 0.2) is 40.9 Å². The van der Waals surface area contributed by atoms with E-state index in [4.69, 9.17) is 9.15 Å². The maximum Gasteiger partial charge on any atom is 0.227 e. The van der Waals surface area contributed by atoms with Gasteiger partial charge in [-0.25, -0.2) is 9.97 Å². The molecule has 0 radical (unpaired) electrons. The van der Waals surface area contributed by atoms with Crippen molar-refractivity contribution in [2.45, 2.75) is 57.4 Å². The number of fused-ring (bicyclic) bond motifs is 4. The number of rotatable bonds is 11. The molecule has 1 unspecified atom stereocenters. The van der Waals surface area contributed by atoms with E-state index in [1.54, 1.807) is 20.4 Å². The van der Waals surface area contributed by atoms with Crippen LogP contribution in [0.2, 0.25) is 0 Å². The number of pyridine rings is 1. The summed E-state index contributed by atoms with van der Waals surface area (Å²) in [6, 6.07) is 9.50. The Morgan fingerprint density at radius 3 is 2.63 bits per heavy atom. The molecule has 1 aromatic carbocycles. The molecule has 202 valence electrons. The lowest BCUT2D eigenvalue weighted by molar-refractivity contribution is -0.139. The first kappa shape index (κ1) is 26.2. The number of nitrogens with zero attached hydrogens (tertiary/aromatic N) is 3. The average molecular weight is 520 g/mol. The number of carbonyl (C=O) groups excluding carboxylic acids is 2. The molecule has 0 saturated carbocycles. The van der Waals surface area contributed by atoms with Crippen LogP contribution in [0.1, 0.15) is 63.3 Å². The van der Waals surface area contributed by atoms with Crippen molar-refractivity contribution in [1.82, 2.24) is 25.5 Å². The van der Waals surface area contributed by atoms with Gasteiger partial charge in [-0.3, -0.25) is 9.59 Å². The number of para-hydroxylation sites is 1. The molecule has 9 heteroatoms. The highest BCUT2D eigenvalue weighted by molar-refractivity contribution is 5.85. The predicted molar refractivity (Wildman–Crippen MR) is 145 cm³/mol. The number of nitrogens with one attached hydrogen (secondary N) is 2. The Hall–Kier alpha value is -3.46. The van der Waals surface area contributed by atoms with Crippen molar-refractivity contribution in [3.63, 3.8) is 0 Å². The molecule has 3 aromatic rings. The summed E-state index contributed by atoms with van der Waals surface area (Å²) in [6.07, 6.45) is 8.11. The zero-order valence-corrected chi connectivity index (χ0v) is 22.3. The fraction of sp³-hybridized carbons (Fsp3) is 0.517. The lowest BCUT2D eigenvalue weighted by Gasteiger charge is -2.47. The van der Waals surface area contributed by atoms with E-state index in [1.807, 2.05) is 30.3 Å². The number of oxazole rings is 1. The van der Waals surface area contributed by atoms with Crippen LogP contribution >= 0.6 is 0 Å². The molecule has 0 spiro atoms. The molecule has 38 heavy (non-hydrogen) atoms. The van der Waals surface area contributed by atoms with Crippen LogP contribution in [-0.4, -0.2) is 60.5 Å². The van der Waals surface area contributed by atoms with Crippen LogP contribution in [0, 0.1) is 5.41 Å². The van der Waals surface area contributed by atoms with Gasteiger partial charge in [0.2, 0.25) is 23.6 Å². The van der Waals surface area contributed by atoms with Crippen molar-refractivity contribution >= 4 is 22.7 Å². The number of unbranched alkanes of at least 4 members (excludes halogenated alkanes) is 2. The second kappa shape index (κ2) is 11.5. The van der Waals surface area contributed by atoms with Gasteiger partial charge >= 0.3 is 0 Å². The third-order valence-corrected chi connectivity index (χ3v) is 8.15. The molecular formula is C29H37N5O4. The number of benzene rings is 1. The first-order chi connectivity index (χ1) is 18.5. The Morgan fingerprint density at radius 1 is 1.13 bits per heavy atom. The van der Waals surface area contributed by atoms with Crippen molar-refractivity contribution in [1.29, 1.82) is 0 Å². The standard InChI is InChI=1S/C29H37N5O4/c1-30-25(35)11-5-3-4-10-23(33-28(36)29-12-15-34(16-13-29)17-14-29)27-31-19-24(38-27)21-18-20-8-6-7-9-22(20)32-26(21)37-2/h6-9,18-19,23H,3-5,10-17H2,1-2H3,(H,30,35)(H,33,36). The number of hydrogen-bond donors (Lipinski definition) is 2. The first-order valence-electron chi connectivity index (χ1n) is 13.6. The van der Waals surface area contributed by atoms with Gasteiger partial charge in [-0.1, -0.05) is 31.0 Å². The normalized spacial score (nSPS) is 21.3. The van der Waals surface area contributed by atoms with Crippen LogP contribution in [0.25, 0.3) is 22.2 Å². The molecule has 2 aromatic heterocycles. The molecule has 2 N–H and O–H groups in total. The van der Waals surface area contributed by atoms with E-state index in [9.17, 15) is 9.59 Å². The number of aromatic nitrogens is 2. The summed E-state index contributed by atoms with van der Waals surface area (Å²) < 4.78 is 11.9. The maximum absolute atomic E-state index is 13.6. The molecule has 3 aliphatic rings. The van der Waals surface area contributed by atoms with E-state index >= 15 is 0 Å². The van der Waals surface area contributed by atoms with Gasteiger partial charge in [0.1, 0.15) is 6.04 Å². The molecule has 1 atom stereocenters. The maximum atomic E-state index is 13.6. The summed E-state index contributed by atoms with van der Waals surface area (Å²) in [7, 11) is 3.25. The second-order valence-corrected chi connectivity index (χ2v) is 10.5. The van der Waals surface area contributed by atoms with Crippen molar-refractivity contribution < 1.29 is 18.7 Å². The fourth-order valence-corrected chi connectivity index (χ4v) is 5.68. The number of hydrogen-bond acceptors (Lipinski definition) is 7. The second-order valence-electron chi connectivity index (χ2n) is 10.5. The van der Waals surface area contributed by atoms with Gasteiger partial charge in [-0.2, -0.15) is 0 Å². The highest BCUT2D eigenvalue weighted by Gasteiger charge is 2.45. The predicted octanol–water partition coefficient (Wildman–Crippen LogP) is 4.24. The number of ether oxygens (including phenoxy) is 1. The summed E-state index contributed by atoms with van der Waals surface area (Å²) >= 11 is 0.